The predicted molar refractivity (Wildman–Crippen MR) is 87.5 cm³/mol. The monoisotopic (exact) mass is 287 g/mol. The van der Waals surface area contributed by atoms with E-state index >= 15 is 0 Å². The molecule has 4 N–H and O–H groups in total. The molecule has 0 bridgehead atoms. The maximum atomic E-state index is 11.5. The first-order valence-corrected chi connectivity index (χ1v) is 8.08. The third kappa shape index (κ3) is 2.85. The summed E-state index contributed by atoms with van der Waals surface area (Å²) in [7, 11) is 0. The molecule has 0 unspecified atom stereocenters. The Labute approximate surface area is 126 Å². The second kappa shape index (κ2) is 5.58. The van der Waals surface area contributed by atoms with Crippen LogP contribution in [0.1, 0.15) is 51.0 Å². The van der Waals surface area contributed by atoms with Gasteiger partial charge in [-0.3, -0.25) is 4.79 Å². The van der Waals surface area contributed by atoms with Crippen molar-refractivity contribution in [2.75, 3.05) is 22.9 Å². The average Bonchev–Trinajstić information content (AvgIpc) is 2.95. The standard InChI is InChI=1S/C17H25N3O/c1-2-17(7-3-4-8-17)11-19-15-10-14-12(9-13(15)18)5-6-16(21)20-14/h9-10,19H,2-8,11,18H2,1H3,(H,20,21). The van der Waals surface area contributed by atoms with Crippen LogP contribution in [0.3, 0.4) is 0 Å². The van der Waals surface area contributed by atoms with Gasteiger partial charge in [-0.25, -0.2) is 0 Å². The molecule has 3 rings (SSSR count). The Bertz CT molecular complexity index is 547. The zero-order valence-electron chi connectivity index (χ0n) is 12.8. The quantitative estimate of drug-likeness (QED) is 0.742. The number of hydrogen-bond donors (Lipinski definition) is 3. The second-order valence-electron chi connectivity index (χ2n) is 6.56. The minimum absolute atomic E-state index is 0.0963. The maximum Gasteiger partial charge on any atom is 0.224 e. The van der Waals surface area contributed by atoms with E-state index in [-0.39, 0.29) is 5.91 Å². The highest BCUT2D eigenvalue weighted by Crippen LogP contribution is 2.41. The van der Waals surface area contributed by atoms with E-state index in [4.69, 9.17) is 5.73 Å². The first kappa shape index (κ1) is 14.2. The number of aryl methyl sites for hydroxylation is 1. The van der Waals surface area contributed by atoms with Crippen LogP contribution in [0.2, 0.25) is 0 Å². The summed E-state index contributed by atoms with van der Waals surface area (Å²) < 4.78 is 0. The molecule has 1 amide bonds. The van der Waals surface area contributed by atoms with Crippen molar-refractivity contribution >= 4 is 23.0 Å². The summed E-state index contributed by atoms with van der Waals surface area (Å²) >= 11 is 0. The molecule has 0 aromatic heterocycles. The van der Waals surface area contributed by atoms with E-state index in [1.165, 1.54) is 32.1 Å². The molecule has 1 heterocycles. The highest BCUT2D eigenvalue weighted by molar-refractivity contribution is 5.95. The van der Waals surface area contributed by atoms with Gasteiger partial charge < -0.3 is 16.4 Å². The van der Waals surface area contributed by atoms with Crippen LogP contribution in [0.4, 0.5) is 17.1 Å². The molecule has 1 saturated carbocycles. The molecule has 21 heavy (non-hydrogen) atoms. The first-order valence-electron chi connectivity index (χ1n) is 8.08. The number of nitrogens with one attached hydrogen (secondary N) is 2. The summed E-state index contributed by atoms with van der Waals surface area (Å²) in [5.41, 5.74) is 10.4. The number of carbonyl (C=O) groups is 1. The number of amides is 1. The van der Waals surface area contributed by atoms with Gasteiger partial charge >= 0.3 is 0 Å². The Morgan fingerprint density at radius 2 is 2.05 bits per heavy atom. The Morgan fingerprint density at radius 3 is 2.76 bits per heavy atom. The van der Waals surface area contributed by atoms with Crippen LogP contribution in [-0.4, -0.2) is 12.5 Å². The SMILES string of the molecule is CCC1(CNc2cc3c(cc2N)CCC(=O)N3)CCCC1. The van der Waals surface area contributed by atoms with E-state index in [9.17, 15) is 4.79 Å². The van der Waals surface area contributed by atoms with Crippen molar-refractivity contribution in [2.45, 2.75) is 51.9 Å². The van der Waals surface area contributed by atoms with E-state index in [1.54, 1.807) is 0 Å². The number of carbonyl (C=O) groups excluding carboxylic acids is 1. The molecular formula is C17H25N3O. The van der Waals surface area contributed by atoms with Crippen molar-refractivity contribution in [3.05, 3.63) is 17.7 Å². The topological polar surface area (TPSA) is 67.1 Å². The summed E-state index contributed by atoms with van der Waals surface area (Å²) in [5, 5.41) is 6.48. The van der Waals surface area contributed by atoms with Crippen molar-refractivity contribution in [3.63, 3.8) is 0 Å². The third-order valence-corrected chi connectivity index (χ3v) is 5.24. The summed E-state index contributed by atoms with van der Waals surface area (Å²) in [5.74, 6) is 0.0963. The molecule has 1 fully saturated rings. The molecule has 0 radical (unpaired) electrons. The smallest absolute Gasteiger partial charge is 0.224 e. The van der Waals surface area contributed by atoms with Gasteiger partial charge in [-0.2, -0.15) is 0 Å². The van der Waals surface area contributed by atoms with Crippen molar-refractivity contribution in [1.29, 1.82) is 0 Å². The summed E-state index contributed by atoms with van der Waals surface area (Å²) in [6, 6.07) is 4.00. The summed E-state index contributed by atoms with van der Waals surface area (Å²) in [4.78, 5) is 11.5. The molecule has 1 aliphatic heterocycles. The van der Waals surface area contributed by atoms with Crippen molar-refractivity contribution in [1.82, 2.24) is 0 Å². The number of nitrogen functional groups attached to an aromatic ring is 1. The number of benzene rings is 1. The van der Waals surface area contributed by atoms with Gasteiger partial charge in [0.25, 0.3) is 0 Å². The lowest BCUT2D eigenvalue weighted by Crippen LogP contribution is -2.26. The van der Waals surface area contributed by atoms with E-state index in [0.717, 1.165) is 35.6 Å². The van der Waals surface area contributed by atoms with Gasteiger partial charge in [-0.15, -0.1) is 0 Å². The Hall–Kier alpha value is -1.71. The number of hydrogen-bond acceptors (Lipinski definition) is 3. The van der Waals surface area contributed by atoms with Crippen LogP contribution < -0.4 is 16.4 Å². The summed E-state index contributed by atoms with van der Waals surface area (Å²) in [6.07, 6.45) is 7.83. The van der Waals surface area contributed by atoms with Gasteiger partial charge in [0.15, 0.2) is 0 Å². The lowest BCUT2D eigenvalue weighted by molar-refractivity contribution is -0.116. The fourth-order valence-corrected chi connectivity index (χ4v) is 3.66. The third-order valence-electron chi connectivity index (χ3n) is 5.24. The van der Waals surface area contributed by atoms with Gasteiger partial charge in [-0.05, 0) is 48.8 Å². The maximum absolute atomic E-state index is 11.5. The minimum Gasteiger partial charge on any atom is -0.397 e. The highest BCUT2D eigenvalue weighted by atomic mass is 16.1. The highest BCUT2D eigenvalue weighted by Gasteiger charge is 2.31. The van der Waals surface area contributed by atoms with Gasteiger partial charge in [0.05, 0.1) is 11.4 Å². The Morgan fingerprint density at radius 1 is 1.29 bits per heavy atom. The van der Waals surface area contributed by atoms with Crippen LogP contribution in [0.5, 0.6) is 0 Å². The zero-order valence-corrected chi connectivity index (χ0v) is 12.8. The zero-order chi connectivity index (χ0) is 14.9. The lowest BCUT2D eigenvalue weighted by Gasteiger charge is -2.29. The van der Waals surface area contributed by atoms with E-state index in [0.29, 0.717) is 11.8 Å². The van der Waals surface area contributed by atoms with Crippen LogP contribution in [0.15, 0.2) is 12.1 Å². The largest absolute Gasteiger partial charge is 0.397 e. The van der Waals surface area contributed by atoms with Gasteiger partial charge in [0.1, 0.15) is 0 Å². The van der Waals surface area contributed by atoms with Crippen molar-refractivity contribution < 1.29 is 4.79 Å². The summed E-state index contributed by atoms with van der Waals surface area (Å²) in [6.45, 7) is 3.25. The minimum atomic E-state index is 0.0963. The van der Waals surface area contributed by atoms with Gasteiger partial charge in [-0.1, -0.05) is 19.8 Å². The molecule has 2 aliphatic rings. The normalized spacial score (nSPS) is 20.0. The Kier molecular flexibility index (Phi) is 3.79. The molecule has 4 nitrogen and oxygen atoms in total. The predicted octanol–water partition coefficient (Wildman–Crippen LogP) is 3.54. The van der Waals surface area contributed by atoms with Crippen LogP contribution in [0.25, 0.3) is 0 Å². The fraction of sp³-hybridized carbons (Fsp3) is 0.588. The average molecular weight is 287 g/mol. The number of anilines is 3. The van der Waals surface area contributed by atoms with Crippen LogP contribution >= 0.6 is 0 Å². The molecule has 1 aromatic rings. The molecule has 0 saturated heterocycles. The molecule has 1 aliphatic carbocycles. The van der Waals surface area contributed by atoms with Gasteiger partial charge in [0, 0.05) is 18.7 Å². The van der Waals surface area contributed by atoms with Crippen molar-refractivity contribution in [2.24, 2.45) is 5.41 Å². The molecule has 114 valence electrons. The molecule has 0 spiro atoms. The molecule has 1 aromatic carbocycles. The van der Waals surface area contributed by atoms with E-state index < -0.39 is 0 Å². The van der Waals surface area contributed by atoms with E-state index in [2.05, 4.69) is 17.6 Å². The van der Waals surface area contributed by atoms with Crippen molar-refractivity contribution in [3.8, 4) is 0 Å². The van der Waals surface area contributed by atoms with Crippen LogP contribution in [-0.2, 0) is 11.2 Å². The van der Waals surface area contributed by atoms with Crippen LogP contribution in [0, 0.1) is 5.41 Å². The first-order chi connectivity index (χ1) is 10.1. The lowest BCUT2D eigenvalue weighted by atomic mass is 9.83. The number of nitrogens with two attached hydrogens (primary N) is 1. The Balaban J connectivity index is 1.76. The van der Waals surface area contributed by atoms with E-state index in [1.807, 2.05) is 12.1 Å². The number of fused-ring (bicyclic) bond motifs is 1. The fourth-order valence-electron chi connectivity index (χ4n) is 3.66. The number of rotatable bonds is 4. The molecule has 0 atom stereocenters. The second-order valence-corrected chi connectivity index (χ2v) is 6.56. The molecular weight excluding hydrogens is 262 g/mol. The van der Waals surface area contributed by atoms with Gasteiger partial charge in [0.2, 0.25) is 5.91 Å². The molecule has 4 heteroatoms.